The minimum Gasteiger partial charge on any atom is -0.488 e. The van der Waals surface area contributed by atoms with Crippen LogP contribution in [-0.2, 0) is 6.61 Å². The summed E-state index contributed by atoms with van der Waals surface area (Å²) in [5, 5.41) is 0. The Hall–Kier alpha value is -2.03. The van der Waals surface area contributed by atoms with Crippen molar-refractivity contribution in [1.29, 1.82) is 0 Å². The quantitative estimate of drug-likeness (QED) is 0.848. The maximum atomic E-state index is 13.2. The third-order valence-electron chi connectivity index (χ3n) is 3.17. The fraction of sp³-hybridized carbons (Fsp3) is 0.250. The molecule has 0 bridgehead atoms. The van der Waals surface area contributed by atoms with Gasteiger partial charge >= 0.3 is 0 Å². The average Bonchev–Trinajstić information content (AvgIpc) is 2.32. The van der Waals surface area contributed by atoms with Gasteiger partial charge in [0.05, 0.1) is 0 Å². The third-order valence-corrected chi connectivity index (χ3v) is 3.17. The van der Waals surface area contributed by atoms with Crippen molar-refractivity contribution in [2.75, 3.05) is 5.73 Å². The van der Waals surface area contributed by atoms with Gasteiger partial charge in [-0.05, 0) is 67.3 Å². The summed E-state index contributed by atoms with van der Waals surface area (Å²) in [5.74, 6) is 0.577. The highest BCUT2D eigenvalue weighted by Crippen LogP contribution is 2.27. The number of anilines is 1. The Morgan fingerprint density at radius 2 is 1.63 bits per heavy atom. The van der Waals surface area contributed by atoms with E-state index in [9.17, 15) is 4.39 Å². The second-order valence-electron chi connectivity index (χ2n) is 4.84. The predicted molar refractivity (Wildman–Crippen MR) is 75.8 cm³/mol. The number of ether oxygens (including phenoxy) is 1. The molecule has 0 saturated heterocycles. The monoisotopic (exact) mass is 259 g/mol. The lowest BCUT2D eigenvalue weighted by atomic mass is 10.1. The van der Waals surface area contributed by atoms with Gasteiger partial charge in [0, 0.05) is 5.69 Å². The Balaban J connectivity index is 2.21. The Bertz CT molecular complexity index is 585. The SMILES string of the molecule is Cc1ccc(F)cc1COc1c(C)cc(N)cc1C. The molecule has 100 valence electrons. The van der Waals surface area contributed by atoms with Crippen LogP contribution in [0.4, 0.5) is 10.1 Å². The van der Waals surface area contributed by atoms with Crippen molar-refractivity contribution in [3.63, 3.8) is 0 Å². The summed E-state index contributed by atoms with van der Waals surface area (Å²) in [7, 11) is 0. The number of nitrogens with two attached hydrogens (primary N) is 1. The number of benzene rings is 2. The van der Waals surface area contributed by atoms with Crippen LogP contribution in [0, 0.1) is 26.6 Å². The predicted octanol–water partition coefficient (Wildman–Crippen LogP) is 3.91. The lowest BCUT2D eigenvalue weighted by Gasteiger charge is -2.14. The second-order valence-corrected chi connectivity index (χ2v) is 4.84. The fourth-order valence-electron chi connectivity index (χ4n) is 2.16. The van der Waals surface area contributed by atoms with Gasteiger partial charge in [0.15, 0.2) is 0 Å². The van der Waals surface area contributed by atoms with Gasteiger partial charge in [-0.3, -0.25) is 0 Å². The van der Waals surface area contributed by atoms with Gasteiger partial charge in [0.2, 0.25) is 0 Å². The summed E-state index contributed by atoms with van der Waals surface area (Å²) in [6.45, 7) is 6.21. The summed E-state index contributed by atoms with van der Waals surface area (Å²) >= 11 is 0. The first-order valence-electron chi connectivity index (χ1n) is 6.22. The van der Waals surface area contributed by atoms with Crippen LogP contribution in [0.3, 0.4) is 0 Å². The molecule has 2 nitrogen and oxygen atoms in total. The van der Waals surface area contributed by atoms with Gasteiger partial charge in [-0.15, -0.1) is 0 Å². The third kappa shape index (κ3) is 3.05. The number of halogens is 1. The molecule has 0 aliphatic heterocycles. The van der Waals surface area contributed by atoms with Gasteiger partial charge < -0.3 is 10.5 Å². The molecule has 2 N–H and O–H groups in total. The molecule has 0 aromatic heterocycles. The number of aryl methyl sites for hydroxylation is 3. The van der Waals surface area contributed by atoms with Crippen LogP contribution in [0.15, 0.2) is 30.3 Å². The molecule has 2 aromatic carbocycles. The van der Waals surface area contributed by atoms with Crippen molar-refractivity contribution in [1.82, 2.24) is 0 Å². The van der Waals surface area contributed by atoms with E-state index in [-0.39, 0.29) is 5.82 Å². The minimum atomic E-state index is -0.241. The molecule has 0 saturated carbocycles. The summed E-state index contributed by atoms with van der Waals surface area (Å²) in [5.41, 5.74) is 10.4. The summed E-state index contributed by atoms with van der Waals surface area (Å²) in [6, 6.07) is 8.48. The van der Waals surface area contributed by atoms with Crippen molar-refractivity contribution in [3.05, 3.63) is 58.4 Å². The zero-order valence-corrected chi connectivity index (χ0v) is 11.5. The van der Waals surface area contributed by atoms with E-state index in [1.54, 1.807) is 6.07 Å². The van der Waals surface area contributed by atoms with Gasteiger partial charge in [-0.25, -0.2) is 4.39 Å². The smallest absolute Gasteiger partial charge is 0.125 e. The molecule has 0 aliphatic carbocycles. The maximum absolute atomic E-state index is 13.2. The summed E-state index contributed by atoms with van der Waals surface area (Å²) in [6.07, 6.45) is 0. The van der Waals surface area contributed by atoms with Crippen molar-refractivity contribution < 1.29 is 9.13 Å². The maximum Gasteiger partial charge on any atom is 0.125 e. The first-order valence-corrected chi connectivity index (χ1v) is 6.22. The number of hydrogen-bond donors (Lipinski definition) is 1. The van der Waals surface area contributed by atoms with E-state index in [1.165, 1.54) is 12.1 Å². The van der Waals surface area contributed by atoms with Crippen molar-refractivity contribution in [3.8, 4) is 5.75 Å². The fourth-order valence-corrected chi connectivity index (χ4v) is 2.16. The topological polar surface area (TPSA) is 35.2 Å². The van der Waals surface area contributed by atoms with Crippen LogP contribution in [0.5, 0.6) is 5.75 Å². The Morgan fingerprint density at radius 3 is 2.26 bits per heavy atom. The highest BCUT2D eigenvalue weighted by atomic mass is 19.1. The Labute approximate surface area is 113 Å². The first-order chi connectivity index (χ1) is 8.97. The van der Waals surface area contributed by atoms with E-state index < -0.39 is 0 Å². The molecule has 0 unspecified atom stereocenters. The van der Waals surface area contributed by atoms with Crippen molar-refractivity contribution in [2.45, 2.75) is 27.4 Å². The molecule has 19 heavy (non-hydrogen) atoms. The molecule has 0 atom stereocenters. The van der Waals surface area contributed by atoms with E-state index >= 15 is 0 Å². The van der Waals surface area contributed by atoms with Gasteiger partial charge in [-0.1, -0.05) is 6.07 Å². The molecular formula is C16H18FNO. The van der Waals surface area contributed by atoms with Crippen LogP contribution >= 0.6 is 0 Å². The van der Waals surface area contributed by atoms with Gasteiger partial charge in [0.25, 0.3) is 0 Å². The molecule has 0 radical (unpaired) electrons. The number of rotatable bonds is 3. The molecule has 0 aliphatic rings. The molecule has 3 heteroatoms. The molecule has 0 heterocycles. The highest BCUT2D eigenvalue weighted by Gasteiger charge is 2.07. The van der Waals surface area contributed by atoms with E-state index in [0.29, 0.717) is 6.61 Å². The lowest BCUT2D eigenvalue weighted by molar-refractivity contribution is 0.300. The molecule has 0 amide bonds. The normalized spacial score (nSPS) is 10.5. The van der Waals surface area contributed by atoms with E-state index in [1.807, 2.05) is 32.9 Å². The van der Waals surface area contributed by atoms with Crippen LogP contribution in [0.1, 0.15) is 22.3 Å². The van der Waals surface area contributed by atoms with Crippen LogP contribution < -0.4 is 10.5 Å². The van der Waals surface area contributed by atoms with Gasteiger partial charge in [-0.2, -0.15) is 0 Å². The van der Waals surface area contributed by atoms with Crippen molar-refractivity contribution in [2.24, 2.45) is 0 Å². The molecule has 2 rings (SSSR count). The van der Waals surface area contributed by atoms with Crippen LogP contribution in [-0.4, -0.2) is 0 Å². The zero-order valence-electron chi connectivity index (χ0n) is 11.5. The Kier molecular flexibility index (Phi) is 3.74. The summed E-state index contributed by atoms with van der Waals surface area (Å²) < 4.78 is 19.0. The molecule has 0 fully saturated rings. The average molecular weight is 259 g/mol. The second kappa shape index (κ2) is 5.31. The molecular weight excluding hydrogens is 241 g/mol. The van der Waals surface area contributed by atoms with Crippen LogP contribution in [0.25, 0.3) is 0 Å². The Morgan fingerprint density at radius 1 is 1.00 bits per heavy atom. The zero-order chi connectivity index (χ0) is 14.0. The summed E-state index contributed by atoms with van der Waals surface area (Å²) in [4.78, 5) is 0. The highest BCUT2D eigenvalue weighted by molar-refractivity contribution is 5.52. The molecule has 0 spiro atoms. The largest absolute Gasteiger partial charge is 0.488 e. The van der Waals surface area contributed by atoms with Crippen molar-refractivity contribution >= 4 is 5.69 Å². The minimum absolute atomic E-state index is 0.241. The van der Waals surface area contributed by atoms with Gasteiger partial charge in [0.1, 0.15) is 18.2 Å². The van der Waals surface area contributed by atoms with E-state index in [0.717, 1.165) is 33.7 Å². The number of hydrogen-bond acceptors (Lipinski definition) is 2. The standard InChI is InChI=1S/C16H18FNO/c1-10-4-5-14(17)8-13(10)9-19-16-11(2)6-15(18)7-12(16)3/h4-8H,9,18H2,1-3H3. The lowest BCUT2D eigenvalue weighted by Crippen LogP contribution is -2.02. The number of nitrogen functional groups attached to an aromatic ring is 1. The van der Waals surface area contributed by atoms with E-state index in [4.69, 9.17) is 10.5 Å². The molecule has 2 aromatic rings. The van der Waals surface area contributed by atoms with E-state index in [2.05, 4.69) is 0 Å². The van der Waals surface area contributed by atoms with Crippen LogP contribution in [0.2, 0.25) is 0 Å². The first kappa shape index (κ1) is 13.4.